The van der Waals surface area contributed by atoms with Gasteiger partial charge >= 0.3 is 0 Å². The molecule has 0 radical (unpaired) electrons. The molecule has 120 valence electrons. The molecule has 0 heterocycles. The van der Waals surface area contributed by atoms with Crippen LogP contribution in [-0.4, -0.2) is 13.7 Å². The number of hydrogen-bond acceptors (Lipinski definition) is 2. The second-order valence-electron chi connectivity index (χ2n) is 5.35. The van der Waals surface area contributed by atoms with Crippen molar-refractivity contribution in [2.75, 3.05) is 13.7 Å². The van der Waals surface area contributed by atoms with Gasteiger partial charge in [0.05, 0.1) is 7.11 Å². The van der Waals surface area contributed by atoms with Gasteiger partial charge in [-0.3, -0.25) is 0 Å². The molecule has 2 aromatic rings. The van der Waals surface area contributed by atoms with Gasteiger partial charge in [0.25, 0.3) is 0 Å². The standard InChI is InChI=1S/C18H22FNO.ClH/c1-13-7-6-8-14(2)18(13)16(12-20-21-3)11-15-9-4-5-10-17(15)19;/h4-10,16,20H,11-12H2,1-3H3;1H. The van der Waals surface area contributed by atoms with E-state index in [0.717, 1.165) is 5.56 Å². The summed E-state index contributed by atoms with van der Waals surface area (Å²) in [7, 11) is 1.60. The number of rotatable bonds is 6. The molecule has 0 saturated heterocycles. The smallest absolute Gasteiger partial charge is 0.126 e. The largest absolute Gasteiger partial charge is 0.305 e. The molecule has 22 heavy (non-hydrogen) atoms. The summed E-state index contributed by atoms with van der Waals surface area (Å²) in [6, 6.07) is 13.2. The van der Waals surface area contributed by atoms with Crippen molar-refractivity contribution in [3.8, 4) is 0 Å². The zero-order valence-electron chi connectivity index (χ0n) is 13.2. The first-order valence-corrected chi connectivity index (χ1v) is 7.19. The highest BCUT2D eigenvalue weighted by Crippen LogP contribution is 2.27. The Kier molecular flexibility index (Phi) is 7.52. The molecule has 0 aliphatic rings. The van der Waals surface area contributed by atoms with Gasteiger partial charge in [-0.25, -0.2) is 9.87 Å². The van der Waals surface area contributed by atoms with E-state index in [4.69, 9.17) is 4.84 Å². The van der Waals surface area contributed by atoms with Gasteiger partial charge in [-0.15, -0.1) is 12.4 Å². The Morgan fingerprint density at radius 3 is 2.27 bits per heavy atom. The monoisotopic (exact) mass is 323 g/mol. The van der Waals surface area contributed by atoms with E-state index in [0.29, 0.717) is 13.0 Å². The molecule has 2 nitrogen and oxygen atoms in total. The van der Waals surface area contributed by atoms with Gasteiger partial charge in [0.15, 0.2) is 0 Å². The van der Waals surface area contributed by atoms with Gasteiger partial charge in [-0.2, -0.15) is 0 Å². The number of halogens is 2. The molecule has 0 fully saturated rings. The van der Waals surface area contributed by atoms with E-state index in [-0.39, 0.29) is 24.1 Å². The third kappa shape index (κ3) is 4.54. The number of aryl methyl sites for hydroxylation is 2. The summed E-state index contributed by atoms with van der Waals surface area (Å²) < 4.78 is 13.9. The van der Waals surface area contributed by atoms with Crippen LogP contribution in [0.4, 0.5) is 4.39 Å². The fourth-order valence-corrected chi connectivity index (χ4v) is 2.86. The van der Waals surface area contributed by atoms with Crippen molar-refractivity contribution in [2.45, 2.75) is 26.2 Å². The SMILES string of the molecule is CONCC(Cc1ccccc1F)c1c(C)cccc1C.Cl. The lowest BCUT2D eigenvalue weighted by Crippen LogP contribution is -2.23. The van der Waals surface area contributed by atoms with Crippen LogP contribution < -0.4 is 5.48 Å². The first-order chi connectivity index (χ1) is 10.1. The Bertz CT molecular complexity index is 583. The molecule has 0 aliphatic heterocycles. The topological polar surface area (TPSA) is 21.3 Å². The number of benzene rings is 2. The van der Waals surface area contributed by atoms with Crippen molar-refractivity contribution in [3.05, 3.63) is 70.5 Å². The van der Waals surface area contributed by atoms with Crippen LogP contribution in [0.3, 0.4) is 0 Å². The third-order valence-electron chi connectivity index (χ3n) is 3.85. The van der Waals surface area contributed by atoms with Crippen molar-refractivity contribution in [1.29, 1.82) is 0 Å². The van der Waals surface area contributed by atoms with Crippen LogP contribution in [0.1, 0.15) is 28.2 Å². The van der Waals surface area contributed by atoms with Gasteiger partial charge in [-0.05, 0) is 48.6 Å². The fraction of sp³-hybridized carbons (Fsp3) is 0.333. The average molecular weight is 324 g/mol. The van der Waals surface area contributed by atoms with E-state index >= 15 is 0 Å². The third-order valence-corrected chi connectivity index (χ3v) is 3.85. The normalized spacial score (nSPS) is 11.8. The number of hydroxylamine groups is 1. The van der Waals surface area contributed by atoms with Crippen LogP contribution in [0.2, 0.25) is 0 Å². The maximum Gasteiger partial charge on any atom is 0.126 e. The molecule has 1 unspecified atom stereocenters. The minimum absolute atomic E-state index is 0. The average Bonchev–Trinajstić information content (AvgIpc) is 2.46. The zero-order chi connectivity index (χ0) is 15.2. The highest BCUT2D eigenvalue weighted by Gasteiger charge is 2.18. The molecule has 0 bridgehead atoms. The van der Waals surface area contributed by atoms with E-state index in [9.17, 15) is 4.39 Å². The molecule has 0 spiro atoms. The van der Waals surface area contributed by atoms with Crippen LogP contribution in [0.15, 0.2) is 42.5 Å². The Morgan fingerprint density at radius 2 is 1.68 bits per heavy atom. The summed E-state index contributed by atoms with van der Waals surface area (Å²) in [6.07, 6.45) is 0.648. The summed E-state index contributed by atoms with van der Waals surface area (Å²) in [5.41, 5.74) is 7.39. The van der Waals surface area contributed by atoms with Crippen LogP contribution in [0.25, 0.3) is 0 Å². The molecule has 2 aromatic carbocycles. The summed E-state index contributed by atoms with van der Waals surface area (Å²) in [4.78, 5) is 5.00. The molecule has 0 aromatic heterocycles. The van der Waals surface area contributed by atoms with Crippen molar-refractivity contribution >= 4 is 12.4 Å². The Hall–Kier alpha value is -1.42. The molecule has 0 saturated carbocycles. The van der Waals surface area contributed by atoms with Gasteiger partial charge in [0.1, 0.15) is 5.82 Å². The fourth-order valence-electron chi connectivity index (χ4n) is 2.86. The molecule has 1 N–H and O–H groups in total. The second-order valence-corrected chi connectivity index (χ2v) is 5.35. The Morgan fingerprint density at radius 1 is 1.05 bits per heavy atom. The lowest BCUT2D eigenvalue weighted by molar-refractivity contribution is 0.0868. The Labute approximate surface area is 138 Å². The first kappa shape index (κ1) is 18.6. The van der Waals surface area contributed by atoms with Crippen molar-refractivity contribution < 1.29 is 9.23 Å². The molecule has 4 heteroatoms. The second kappa shape index (κ2) is 8.89. The van der Waals surface area contributed by atoms with E-state index in [2.05, 4.69) is 37.5 Å². The minimum Gasteiger partial charge on any atom is -0.305 e. The van der Waals surface area contributed by atoms with E-state index in [1.165, 1.54) is 22.8 Å². The molecule has 2 rings (SSSR count). The van der Waals surface area contributed by atoms with Gasteiger partial charge in [0.2, 0.25) is 0 Å². The maximum absolute atomic E-state index is 13.9. The Balaban J connectivity index is 0.00000242. The van der Waals surface area contributed by atoms with Crippen LogP contribution in [-0.2, 0) is 11.3 Å². The van der Waals surface area contributed by atoms with Crippen molar-refractivity contribution in [3.63, 3.8) is 0 Å². The summed E-state index contributed by atoms with van der Waals surface area (Å²) in [5.74, 6) is 0.0224. The molecular weight excluding hydrogens is 301 g/mol. The van der Waals surface area contributed by atoms with Gasteiger partial charge < -0.3 is 4.84 Å². The van der Waals surface area contributed by atoms with Crippen LogP contribution in [0, 0.1) is 19.7 Å². The van der Waals surface area contributed by atoms with E-state index in [1.54, 1.807) is 13.2 Å². The number of hydrogen-bond donors (Lipinski definition) is 1. The van der Waals surface area contributed by atoms with E-state index in [1.807, 2.05) is 12.1 Å². The van der Waals surface area contributed by atoms with Crippen LogP contribution in [0.5, 0.6) is 0 Å². The van der Waals surface area contributed by atoms with Gasteiger partial charge in [0, 0.05) is 12.5 Å². The lowest BCUT2D eigenvalue weighted by atomic mass is 9.86. The molecule has 0 aliphatic carbocycles. The quantitative estimate of drug-likeness (QED) is 0.798. The highest BCUT2D eigenvalue weighted by atomic mass is 35.5. The molecule has 1 atom stereocenters. The zero-order valence-corrected chi connectivity index (χ0v) is 14.0. The molecule has 0 amide bonds. The lowest BCUT2D eigenvalue weighted by Gasteiger charge is -2.22. The number of nitrogens with one attached hydrogen (secondary N) is 1. The predicted octanol–water partition coefficient (Wildman–Crippen LogP) is 4.34. The van der Waals surface area contributed by atoms with Crippen molar-refractivity contribution in [2.24, 2.45) is 0 Å². The summed E-state index contributed by atoms with van der Waals surface area (Å²) >= 11 is 0. The summed E-state index contributed by atoms with van der Waals surface area (Å²) in [6.45, 7) is 4.85. The highest BCUT2D eigenvalue weighted by molar-refractivity contribution is 5.85. The van der Waals surface area contributed by atoms with Gasteiger partial charge in [-0.1, -0.05) is 36.4 Å². The van der Waals surface area contributed by atoms with E-state index < -0.39 is 0 Å². The first-order valence-electron chi connectivity index (χ1n) is 7.19. The van der Waals surface area contributed by atoms with Crippen molar-refractivity contribution in [1.82, 2.24) is 5.48 Å². The maximum atomic E-state index is 13.9. The minimum atomic E-state index is -0.147. The molecular formula is C18H23ClFNO. The predicted molar refractivity (Wildman–Crippen MR) is 91.0 cm³/mol. The van der Waals surface area contributed by atoms with Crippen LogP contribution >= 0.6 is 12.4 Å². The summed E-state index contributed by atoms with van der Waals surface area (Å²) in [5, 5.41) is 0.